The zero-order valence-electron chi connectivity index (χ0n) is 13.5. The maximum atomic E-state index is 12.9. The van der Waals surface area contributed by atoms with Crippen LogP contribution in [0.15, 0.2) is 36.4 Å². The minimum Gasteiger partial charge on any atom is -0.494 e. The lowest BCUT2D eigenvalue weighted by molar-refractivity contribution is 0.297. The molecule has 0 fully saturated rings. The van der Waals surface area contributed by atoms with Crippen LogP contribution in [0.25, 0.3) is 0 Å². The Bertz CT molecular complexity index is 599. The van der Waals surface area contributed by atoms with Gasteiger partial charge >= 0.3 is 0 Å². The summed E-state index contributed by atoms with van der Waals surface area (Å²) in [5.74, 6) is 0.716. The molecule has 0 aliphatic heterocycles. The second-order valence-corrected chi connectivity index (χ2v) is 5.84. The summed E-state index contributed by atoms with van der Waals surface area (Å²) >= 11 is 0. The van der Waals surface area contributed by atoms with Crippen molar-refractivity contribution in [3.05, 3.63) is 64.5 Å². The topological polar surface area (TPSA) is 35.2 Å². The van der Waals surface area contributed by atoms with Gasteiger partial charge in [0, 0.05) is 0 Å². The fraction of sp³-hybridized carbons (Fsp3) is 0.368. The second-order valence-electron chi connectivity index (χ2n) is 5.84. The van der Waals surface area contributed by atoms with E-state index in [1.165, 1.54) is 34.4 Å². The molecule has 0 saturated heterocycles. The smallest absolute Gasteiger partial charge is 0.123 e. The summed E-state index contributed by atoms with van der Waals surface area (Å²) in [5.41, 5.74) is 11.2. The zero-order valence-corrected chi connectivity index (χ0v) is 13.5. The average Bonchev–Trinajstić information content (AvgIpc) is 2.46. The first-order chi connectivity index (χ1) is 10.5. The van der Waals surface area contributed by atoms with Crippen LogP contribution in [-0.4, -0.2) is 13.2 Å². The Hall–Kier alpha value is -1.87. The molecule has 0 aromatic heterocycles. The summed E-state index contributed by atoms with van der Waals surface area (Å²) in [5, 5.41) is 0. The Morgan fingerprint density at radius 1 is 1.05 bits per heavy atom. The average molecular weight is 301 g/mol. The molecule has 2 N–H and O–H groups in total. The molecule has 1 atom stereocenters. The summed E-state index contributed by atoms with van der Waals surface area (Å²) in [4.78, 5) is 0. The predicted molar refractivity (Wildman–Crippen MR) is 89.0 cm³/mol. The van der Waals surface area contributed by atoms with Crippen LogP contribution in [0, 0.1) is 26.6 Å². The number of hydrogen-bond donors (Lipinski definition) is 1. The molecule has 0 amide bonds. The van der Waals surface area contributed by atoms with E-state index >= 15 is 0 Å². The van der Waals surface area contributed by atoms with Gasteiger partial charge in [0.15, 0.2) is 0 Å². The van der Waals surface area contributed by atoms with Crippen molar-refractivity contribution in [2.24, 2.45) is 5.73 Å². The van der Waals surface area contributed by atoms with Gasteiger partial charge in [-0.25, -0.2) is 4.39 Å². The van der Waals surface area contributed by atoms with Gasteiger partial charge in [-0.1, -0.05) is 17.7 Å². The SMILES string of the molecule is Cc1cc(C)c(C(CN)CCOc2ccc(F)cc2)c(C)c1. The first-order valence-corrected chi connectivity index (χ1v) is 7.67. The molecule has 0 saturated carbocycles. The molecular weight excluding hydrogens is 277 g/mol. The highest BCUT2D eigenvalue weighted by Gasteiger charge is 2.15. The van der Waals surface area contributed by atoms with Crippen molar-refractivity contribution < 1.29 is 9.13 Å². The van der Waals surface area contributed by atoms with E-state index in [-0.39, 0.29) is 11.7 Å². The van der Waals surface area contributed by atoms with Gasteiger partial charge in [0.25, 0.3) is 0 Å². The summed E-state index contributed by atoms with van der Waals surface area (Å²) in [6.45, 7) is 7.55. The third-order valence-corrected chi connectivity index (χ3v) is 3.98. The highest BCUT2D eigenvalue weighted by molar-refractivity contribution is 5.40. The Balaban J connectivity index is 2.02. The van der Waals surface area contributed by atoms with Crippen molar-refractivity contribution in [1.82, 2.24) is 0 Å². The molecule has 0 heterocycles. The van der Waals surface area contributed by atoms with E-state index in [2.05, 4.69) is 32.9 Å². The number of aryl methyl sites for hydroxylation is 3. The lowest BCUT2D eigenvalue weighted by Gasteiger charge is -2.21. The molecular formula is C19H24FNO. The molecule has 0 aliphatic carbocycles. The Labute approximate surface area is 132 Å². The number of rotatable bonds is 6. The molecule has 0 radical (unpaired) electrons. The van der Waals surface area contributed by atoms with Crippen molar-refractivity contribution in [3.63, 3.8) is 0 Å². The fourth-order valence-electron chi connectivity index (χ4n) is 3.07. The first-order valence-electron chi connectivity index (χ1n) is 7.67. The third kappa shape index (κ3) is 4.08. The summed E-state index contributed by atoms with van der Waals surface area (Å²) in [6.07, 6.45) is 0.846. The molecule has 3 heteroatoms. The molecule has 0 spiro atoms. The molecule has 1 unspecified atom stereocenters. The van der Waals surface area contributed by atoms with E-state index in [1.807, 2.05) is 0 Å². The minimum atomic E-state index is -0.252. The molecule has 2 rings (SSSR count). The van der Waals surface area contributed by atoms with Crippen LogP contribution in [0.4, 0.5) is 4.39 Å². The second kappa shape index (κ2) is 7.41. The lowest BCUT2D eigenvalue weighted by Crippen LogP contribution is -2.18. The van der Waals surface area contributed by atoms with Crippen LogP contribution < -0.4 is 10.5 Å². The van der Waals surface area contributed by atoms with Gasteiger partial charge in [0.2, 0.25) is 0 Å². The van der Waals surface area contributed by atoms with Crippen molar-refractivity contribution in [3.8, 4) is 5.75 Å². The van der Waals surface area contributed by atoms with Gasteiger partial charge in [-0.15, -0.1) is 0 Å². The highest BCUT2D eigenvalue weighted by Crippen LogP contribution is 2.27. The van der Waals surface area contributed by atoms with Gasteiger partial charge in [-0.2, -0.15) is 0 Å². The van der Waals surface area contributed by atoms with E-state index in [9.17, 15) is 4.39 Å². The minimum absolute atomic E-state index is 0.252. The van der Waals surface area contributed by atoms with Gasteiger partial charge < -0.3 is 10.5 Å². The van der Waals surface area contributed by atoms with Crippen LogP contribution in [0.2, 0.25) is 0 Å². The normalized spacial score (nSPS) is 12.2. The van der Waals surface area contributed by atoms with E-state index < -0.39 is 0 Å². The molecule has 118 valence electrons. The number of benzene rings is 2. The van der Waals surface area contributed by atoms with Crippen LogP contribution in [-0.2, 0) is 0 Å². The van der Waals surface area contributed by atoms with E-state index in [0.29, 0.717) is 18.9 Å². The molecule has 2 aromatic rings. The Morgan fingerprint density at radius 2 is 1.64 bits per heavy atom. The lowest BCUT2D eigenvalue weighted by atomic mass is 9.87. The summed E-state index contributed by atoms with van der Waals surface area (Å²) in [6, 6.07) is 10.5. The number of hydrogen-bond acceptors (Lipinski definition) is 2. The van der Waals surface area contributed by atoms with Gasteiger partial charge in [0.1, 0.15) is 11.6 Å². The molecule has 2 aromatic carbocycles. The largest absolute Gasteiger partial charge is 0.494 e. The fourth-order valence-corrected chi connectivity index (χ4v) is 3.07. The van der Waals surface area contributed by atoms with Crippen LogP contribution >= 0.6 is 0 Å². The van der Waals surface area contributed by atoms with E-state index in [4.69, 9.17) is 10.5 Å². The van der Waals surface area contributed by atoms with Crippen molar-refractivity contribution in [2.45, 2.75) is 33.1 Å². The maximum absolute atomic E-state index is 12.9. The van der Waals surface area contributed by atoms with Crippen molar-refractivity contribution in [1.29, 1.82) is 0 Å². The number of halogens is 1. The Morgan fingerprint density at radius 3 is 2.18 bits per heavy atom. The molecule has 0 aliphatic rings. The highest BCUT2D eigenvalue weighted by atomic mass is 19.1. The first kappa shape index (κ1) is 16.5. The van der Waals surface area contributed by atoms with E-state index in [1.54, 1.807) is 12.1 Å². The number of ether oxygens (including phenoxy) is 1. The van der Waals surface area contributed by atoms with E-state index in [0.717, 1.165) is 6.42 Å². The third-order valence-electron chi connectivity index (χ3n) is 3.98. The van der Waals surface area contributed by atoms with Crippen LogP contribution in [0.3, 0.4) is 0 Å². The summed E-state index contributed by atoms with van der Waals surface area (Å²) in [7, 11) is 0. The monoisotopic (exact) mass is 301 g/mol. The molecule has 2 nitrogen and oxygen atoms in total. The van der Waals surface area contributed by atoms with Gasteiger partial charge in [-0.3, -0.25) is 0 Å². The maximum Gasteiger partial charge on any atom is 0.123 e. The van der Waals surface area contributed by atoms with Crippen molar-refractivity contribution in [2.75, 3.05) is 13.2 Å². The standard InChI is InChI=1S/C19H24FNO/c1-13-10-14(2)19(15(3)11-13)16(12-21)8-9-22-18-6-4-17(20)5-7-18/h4-7,10-11,16H,8-9,12,21H2,1-3H3. The molecule has 22 heavy (non-hydrogen) atoms. The summed E-state index contributed by atoms with van der Waals surface area (Å²) < 4.78 is 18.6. The molecule has 0 bridgehead atoms. The van der Waals surface area contributed by atoms with Gasteiger partial charge in [0.05, 0.1) is 6.61 Å². The van der Waals surface area contributed by atoms with Crippen LogP contribution in [0.1, 0.15) is 34.6 Å². The van der Waals surface area contributed by atoms with Crippen molar-refractivity contribution >= 4 is 0 Å². The Kier molecular flexibility index (Phi) is 5.56. The quantitative estimate of drug-likeness (QED) is 0.865. The number of nitrogens with two attached hydrogens (primary N) is 1. The zero-order chi connectivity index (χ0) is 16.1. The predicted octanol–water partition coefficient (Wildman–Crippen LogP) is 4.26. The van der Waals surface area contributed by atoms with Crippen LogP contribution in [0.5, 0.6) is 5.75 Å². The van der Waals surface area contributed by atoms with Gasteiger partial charge in [-0.05, 0) is 80.6 Å².